The van der Waals surface area contributed by atoms with Gasteiger partial charge in [0.2, 0.25) is 11.8 Å². The van der Waals surface area contributed by atoms with Gasteiger partial charge in [-0.2, -0.15) is 10.1 Å². The van der Waals surface area contributed by atoms with Crippen LogP contribution in [0.25, 0.3) is 27.6 Å². The van der Waals surface area contributed by atoms with Crippen molar-refractivity contribution >= 4 is 27.9 Å². The van der Waals surface area contributed by atoms with E-state index < -0.39 is 0 Å². The second kappa shape index (κ2) is 8.03. The van der Waals surface area contributed by atoms with Crippen molar-refractivity contribution in [2.75, 3.05) is 25.6 Å². The molecule has 4 aromatic heterocycles. The molecule has 0 saturated heterocycles. The SMILES string of the molecule is COc1cc(-n2c(=O)c3c[nH]nc3c3cnc(NCC4COc5ccccc5O4)nc32)ccn1. The van der Waals surface area contributed by atoms with E-state index in [9.17, 15) is 4.79 Å². The van der Waals surface area contributed by atoms with Crippen LogP contribution in [0.3, 0.4) is 0 Å². The maximum Gasteiger partial charge on any atom is 0.267 e. The molecule has 0 aliphatic carbocycles. The zero-order valence-electron chi connectivity index (χ0n) is 18.1. The van der Waals surface area contributed by atoms with Crippen molar-refractivity contribution in [3.05, 3.63) is 65.3 Å². The molecule has 1 atom stereocenters. The van der Waals surface area contributed by atoms with Gasteiger partial charge >= 0.3 is 0 Å². The Morgan fingerprint density at radius 1 is 1.21 bits per heavy atom. The maximum atomic E-state index is 13.4. The number of anilines is 1. The number of nitrogens with one attached hydrogen (secondary N) is 2. The van der Waals surface area contributed by atoms with E-state index >= 15 is 0 Å². The van der Waals surface area contributed by atoms with Gasteiger partial charge in [-0.05, 0) is 18.2 Å². The number of rotatable bonds is 5. The zero-order chi connectivity index (χ0) is 23.1. The average Bonchev–Trinajstić information content (AvgIpc) is 3.38. The topological polar surface area (TPSA) is 129 Å². The number of H-pyrrole nitrogens is 1. The number of fused-ring (bicyclic) bond motifs is 4. The second-order valence-electron chi connectivity index (χ2n) is 7.65. The first-order chi connectivity index (χ1) is 16.7. The predicted molar refractivity (Wildman–Crippen MR) is 124 cm³/mol. The standard InChI is InChI=1S/C23H19N7O4/c1-32-19-8-13(6-7-24-19)30-21-15(20-16(22(30)31)11-27-29-20)10-26-23(28-21)25-9-14-12-33-17-4-2-3-5-18(17)34-14/h2-8,10-11,14H,9,12H2,1H3,(H,27,29)(H,25,26,28). The van der Waals surface area contributed by atoms with E-state index in [-0.39, 0.29) is 11.7 Å². The van der Waals surface area contributed by atoms with E-state index in [0.29, 0.717) is 58.4 Å². The van der Waals surface area contributed by atoms with Crippen LogP contribution < -0.4 is 25.1 Å². The Kier molecular flexibility index (Phi) is 4.72. The summed E-state index contributed by atoms with van der Waals surface area (Å²) in [6, 6.07) is 10.9. The second-order valence-corrected chi connectivity index (χ2v) is 7.65. The molecule has 6 rings (SSSR count). The van der Waals surface area contributed by atoms with E-state index in [1.54, 1.807) is 30.7 Å². The Bertz CT molecular complexity index is 1580. The van der Waals surface area contributed by atoms with E-state index in [4.69, 9.17) is 14.2 Å². The Balaban J connectivity index is 1.38. The molecule has 0 radical (unpaired) electrons. The molecule has 170 valence electrons. The minimum absolute atomic E-state index is 0.227. The summed E-state index contributed by atoms with van der Waals surface area (Å²) in [5.41, 5.74) is 1.20. The molecule has 2 N–H and O–H groups in total. The van der Waals surface area contributed by atoms with Crippen LogP contribution in [0.4, 0.5) is 5.95 Å². The fraction of sp³-hybridized carbons (Fsp3) is 0.174. The van der Waals surface area contributed by atoms with Gasteiger partial charge < -0.3 is 19.5 Å². The van der Waals surface area contributed by atoms with Gasteiger partial charge in [0.25, 0.3) is 5.56 Å². The molecular formula is C23H19N7O4. The quantitative estimate of drug-likeness (QED) is 0.408. The number of pyridine rings is 2. The molecule has 5 aromatic rings. The van der Waals surface area contributed by atoms with Gasteiger partial charge in [-0.1, -0.05) is 12.1 Å². The monoisotopic (exact) mass is 457 g/mol. The van der Waals surface area contributed by atoms with E-state index in [0.717, 1.165) is 5.75 Å². The number of para-hydroxylation sites is 2. The van der Waals surface area contributed by atoms with Crippen molar-refractivity contribution in [1.82, 2.24) is 29.7 Å². The number of nitrogens with zero attached hydrogens (tertiary/aromatic N) is 5. The summed E-state index contributed by atoms with van der Waals surface area (Å²) >= 11 is 0. The van der Waals surface area contributed by atoms with Gasteiger partial charge in [0.15, 0.2) is 17.1 Å². The van der Waals surface area contributed by atoms with Gasteiger partial charge in [0, 0.05) is 24.7 Å². The summed E-state index contributed by atoms with van der Waals surface area (Å²) in [6.07, 6.45) is 4.56. The molecule has 1 aliphatic heterocycles. The van der Waals surface area contributed by atoms with Crippen LogP contribution in [0.5, 0.6) is 17.4 Å². The lowest BCUT2D eigenvalue weighted by atomic mass is 10.2. The molecule has 1 aromatic carbocycles. The fourth-order valence-electron chi connectivity index (χ4n) is 3.93. The van der Waals surface area contributed by atoms with Crippen LogP contribution in [0.15, 0.2) is 59.8 Å². The summed E-state index contributed by atoms with van der Waals surface area (Å²) in [5.74, 6) is 2.15. The summed E-state index contributed by atoms with van der Waals surface area (Å²) in [5, 5.41) is 11.2. The highest BCUT2D eigenvalue weighted by molar-refractivity contribution is 6.02. The van der Waals surface area contributed by atoms with Gasteiger partial charge in [-0.25, -0.2) is 9.97 Å². The zero-order valence-corrected chi connectivity index (χ0v) is 18.1. The van der Waals surface area contributed by atoms with Gasteiger partial charge in [0.1, 0.15) is 18.2 Å². The van der Waals surface area contributed by atoms with Gasteiger partial charge in [0.05, 0.1) is 30.1 Å². The molecule has 34 heavy (non-hydrogen) atoms. The third kappa shape index (κ3) is 3.34. The molecule has 0 amide bonds. The molecule has 0 fully saturated rings. The Labute approximate surface area is 192 Å². The third-order valence-electron chi connectivity index (χ3n) is 5.55. The van der Waals surface area contributed by atoms with E-state index in [1.807, 2.05) is 24.3 Å². The van der Waals surface area contributed by atoms with Crippen molar-refractivity contribution in [3.8, 4) is 23.1 Å². The Hall–Kier alpha value is -4.67. The minimum atomic E-state index is -0.269. The summed E-state index contributed by atoms with van der Waals surface area (Å²) < 4.78 is 18.5. The van der Waals surface area contributed by atoms with Crippen molar-refractivity contribution < 1.29 is 14.2 Å². The minimum Gasteiger partial charge on any atom is -0.486 e. The summed E-state index contributed by atoms with van der Waals surface area (Å²) in [7, 11) is 1.52. The first-order valence-electron chi connectivity index (χ1n) is 10.6. The fourth-order valence-corrected chi connectivity index (χ4v) is 3.93. The van der Waals surface area contributed by atoms with Crippen molar-refractivity contribution in [1.29, 1.82) is 0 Å². The lowest BCUT2D eigenvalue weighted by Gasteiger charge is -2.26. The number of aromatic nitrogens is 6. The van der Waals surface area contributed by atoms with Crippen LogP contribution in [-0.2, 0) is 0 Å². The van der Waals surface area contributed by atoms with Crippen molar-refractivity contribution in [3.63, 3.8) is 0 Å². The molecular weight excluding hydrogens is 438 g/mol. The highest BCUT2D eigenvalue weighted by Gasteiger charge is 2.21. The number of hydrogen-bond donors (Lipinski definition) is 2. The highest BCUT2D eigenvalue weighted by Crippen LogP contribution is 2.31. The Morgan fingerprint density at radius 3 is 2.97 bits per heavy atom. The molecule has 11 heteroatoms. The number of methoxy groups -OCH3 is 1. The molecule has 0 bridgehead atoms. The number of ether oxygens (including phenoxy) is 3. The van der Waals surface area contributed by atoms with Crippen LogP contribution in [0.2, 0.25) is 0 Å². The van der Waals surface area contributed by atoms with Crippen LogP contribution in [-0.4, -0.2) is 56.1 Å². The largest absolute Gasteiger partial charge is 0.486 e. The number of benzene rings is 1. The van der Waals surface area contributed by atoms with E-state index in [2.05, 4.69) is 30.5 Å². The maximum absolute atomic E-state index is 13.4. The molecule has 1 unspecified atom stereocenters. The predicted octanol–water partition coefficient (Wildman–Crippen LogP) is 2.31. The summed E-state index contributed by atoms with van der Waals surface area (Å²) in [6.45, 7) is 0.810. The van der Waals surface area contributed by atoms with Crippen molar-refractivity contribution in [2.24, 2.45) is 0 Å². The number of hydrogen-bond acceptors (Lipinski definition) is 9. The smallest absolute Gasteiger partial charge is 0.267 e. The Morgan fingerprint density at radius 2 is 2.09 bits per heavy atom. The first kappa shape index (κ1) is 20.0. The van der Waals surface area contributed by atoms with Crippen molar-refractivity contribution in [2.45, 2.75) is 6.10 Å². The molecule has 1 aliphatic rings. The first-order valence-corrected chi connectivity index (χ1v) is 10.6. The van der Waals surface area contributed by atoms with Gasteiger partial charge in [-0.3, -0.25) is 14.5 Å². The highest BCUT2D eigenvalue weighted by atomic mass is 16.6. The molecule has 0 spiro atoms. The third-order valence-corrected chi connectivity index (χ3v) is 5.55. The van der Waals surface area contributed by atoms with Crippen LogP contribution >= 0.6 is 0 Å². The molecule has 5 heterocycles. The summed E-state index contributed by atoms with van der Waals surface area (Å²) in [4.78, 5) is 26.6. The van der Waals surface area contributed by atoms with E-state index in [1.165, 1.54) is 11.7 Å². The van der Waals surface area contributed by atoms with Gasteiger partial charge in [-0.15, -0.1) is 0 Å². The molecule has 0 saturated carbocycles. The molecule has 11 nitrogen and oxygen atoms in total. The van der Waals surface area contributed by atoms with Crippen LogP contribution in [0, 0.1) is 0 Å². The lowest BCUT2D eigenvalue weighted by molar-refractivity contribution is 0.0996. The average molecular weight is 457 g/mol. The van der Waals surface area contributed by atoms with Crippen LogP contribution in [0.1, 0.15) is 0 Å². The number of aromatic amines is 1. The normalized spacial score (nSPS) is 14.9. The lowest BCUT2D eigenvalue weighted by Crippen LogP contribution is -2.35.